The van der Waals surface area contributed by atoms with E-state index < -0.39 is 5.97 Å². The first-order chi connectivity index (χ1) is 10.6. The van der Waals surface area contributed by atoms with Crippen molar-refractivity contribution in [3.8, 4) is 0 Å². The molecule has 0 bridgehead atoms. The molecule has 1 aliphatic rings. The summed E-state index contributed by atoms with van der Waals surface area (Å²) in [5, 5.41) is 4.92. The highest BCUT2D eigenvalue weighted by atomic mass is 32.1. The third-order valence-corrected chi connectivity index (χ3v) is 5.16. The maximum absolute atomic E-state index is 11.9. The Morgan fingerprint density at radius 1 is 1.41 bits per heavy atom. The lowest BCUT2D eigenvalue weighted by atomic mass is 9.78. The highest BCUT2D eigenvalue weighted by Crippen LogP contribution is 2.29. The maximum Gasteiger partial charge on any atom is 0.331 e. The van der Waals surface area contributed by atoms with Gasteiger partial charge in [-0.1, -0.05) is 32.8 Å². The van der Waals surface area contributed by atoms with Gasteiger partial charge in [-0.3, -0.25) is 4.79 Å². The van der Waals surface area contributed by atoms with Crippen molar-refractivity contribution in [2.75, 3.05) is 6.61 Å². The van der Waals surface area contributed by atoms with Crippen LogP contribution in [-0.4, -0.2) is 24.5 Å². The molecule has 22 heavy (non-hydrogen) atoms. The summed E-state index contributed by atoms with van der Waals surface area (Å²) in [5.41, 5.74) is 0. The van der Waals surface area contributed by atoms with Gasteiger partial charge in [0, 0.05) is 17.0 Å². The van der Waals surface area contributed by atoms with E-state index in [9.17, 15) is 9.59 Å². The second kappa shape index (κ2) is 8.13. The normalized spacial score (nSPS) is 25.1. The van der Waals surface area contributed by atoms with Crippen LogP contribution in [0.4, 0.5) is 0 Å². The van der Waals surface area contributed by atoms with Crippen molar-refractivity contribution >= 4 is 29.3 Å². The van der Waals surface area contributed by atoms with Crippen LogP contribution in [0.1, 0.15) is 38.0 Å². The van der Waals surface area contributed by atoms with E-state index in [0.717, 1.165) is 17.7 Å². The predicted octanol–water partition coefficient (Wildman–Crippen LogP) is 3.25. The van der Waals surface area contributed by atoms with Gasteiger partial charge in [-0.25, -0.2) is 4.79 Å². The summed E-state index contributed by atoms with van der Waals surface area (Å²) in [6.07, 6.45) is 6.40. The summed E-state index contributed by atoms with van der Waals surface area (Å²) in [7, 11) is 0. The monoisotopic (exact) mass is 321 g/mol. The Morgan fingerprint density at radius 2 is 2.23 bits per heavy atom. The average Bonchev–Trinajstić information content (AvgIpc) is 3.01. The van der Waals surface area contributed by atoms with Crippen LogP contribution < -0.4 is 5.32 Å². The first-order valence-electron chi connectivity index (χ1n) is 7.74. The summed E-state index contributed by atoms with van der Waals surface area (Å²) in [4.78, 5) is 24.4. The Hall–Kier alpha value is -1.62. The number of hydrogen-bond donors (Lipinski definition) is 1. The summed E-state index contributed by atoms with van der Waals surface area (Å²) in [6.45, 7) is 4.17. The molecule has 0 aromatic carbocycles. The molecule has 0 unspecified atom stereocenters. The van der Waals surface area contributed by atoms with Crippen molar-refractivity contribution in [3.05, 3.63) is 28.5 Å². The molecule has 0 saturated heterocycles. The number of amides is 1. The lowest BCUT2D eigenvalue weighted by molar-refractivity contribution is -0.144. The Labute approximate surface area is 135 Å². The molecule has 1 amide bonds. The number of ether oxygens (including phenoxy) is 1. The SMILES string of the molecule is C[C@H]1[C@@H](NC(=O)COC(=O)/C=C/c2cccs2)CCC[C@@H]1C. The standard InChI is InChI=1S/C17H23NO3S/c1-12-5-3-7-15(13(12)2)18-16(19)11-21-17(20)9-8-14-6-4-10-22-14/h4,6,8-10,12-13,15H,3,5,7,11H2,1-2H3,(H,18,19)/b9-8+/t12-,13+,15-/m0/s1. The van der Waals surface area contributed by atoms with Crippen molar-refractivity contribution in [2.45, 2.75) is 39.2 Å². The van der Waals surface area contributed by atoms with E-state index in [1.165, 1.54) is 23.8 Å². The minimum absolute atomic E-state index is 0.191. The Bertz CT molecular complexity index is 524. The number of esters is 1. The highest BCUT2D eigenvalue weighted by molar-refractivity contribution is 7.10. The second-order valence-electron chi connectivity index (χ2n) is 5.90. The molecule has 1 heterocycles. The molecule has 4 nitrogen and oxygen atoms in total. The molecule has 1 aromatic rings. The van der Waals surface area contributed by atoms with E-state index in [0.29, 0.717) is 11.8 Å². The largest absolute Gasteiger partial charge is 0.452 e. The number of carbonyl (C=O) groups excluding carboxylic acids is 2. The Morgan fingerprint density at radius 3 is 2.95 bits per heavy atom. The fraction of sp³-hybridized carbons (Fsp3) is 0.529. The highest BCUT2D eigenvalue weighted by Gasteiger charge is 2.28. The van der Waals surface area contributed by atoms with E-state index in [4.69, 9.17) is 4.74 Å². The number of rotatable bonds is 5. The van der Waals surface area contributed by atoms with Crippen LogP contribution in [0.5, 0.6) is 0 Å². The zero-order chi connectivity index (χ0) is 15.9. The third-order valence-electron chi connectivity index (χ3n) is 4.33. The molecule has 1 aromatic heterocycles. The van der Waals surface area contributed by atoms with Gasteiger partial charge in [-0.15, -0.1) is 11.3 Å². The van der Waals surface area contributed by atoms with Gasteiger partial charge in [-0.05, 0) is 35.8 Å². The first kappa shape index (κ1) is 16.7. The van der Waals surface area contributed by atoms with Crippen LogP contribution >= 0.6 is 11.3 Å². The van der Waals surface area contributed by atoms with Crippen molar-refractivity contribution < 1.29 is 14.3 Å². The van der Waals surface area contributed by atoms with Crippen molar-refractivity contribution in [1.82, 2.24) is 5.32 Å². The van der Waals surface area contributed by atoms with Crippen LogP contribution in [0.3, 0.4) is 0 Å². The quantitative estimate of drug-likeness (QED) is 0.669. The van der Waals surface area contributed by atoms with Crippen LogP contribution in [0.2, 0.25) is 0 Å². The van der Waals surface area contributed by atoms with E-state index in [1.54, 1.807) is 6.08 Å². The third kappa shape index (κ3) is 4.98. The molecular weight excluding hydrogens is 298 g/mol. The van der Waals surface area contributed by atoms with Crippen LogP contribution in [0, 0.1) is 11.8 Å². The van der Waals surface area contributed by atoms with Gasteiger partial charge in [0.2, 0.25) is 0 Å². The zero-order valence-electron chi connectivity index (χ0n) is 13.1. The molecule has 1 saturated carbocycles. The number of thiophene rings is 1. The van der Waals surface area contributed by atoms with Crippen molar-refractivity contribution in [2.24, 2.45) is 11.8 Å². The molecule has 1 aliphatic carbocycles. The Kier molecular flexibility index (Phi) is 6.19. The summed E-state index contributed by atoms with van der Waals surface area (Å²) >= 11 is 1.54. The maximum atomic E-state index is 11.9. The smallest absolute Gasteiger partial charge is 0.331 e. The van der Waals surface area contributed by atoms with Gasteiger partial charge >= 0.3 is 5.97 Å². The van der Waals surface area contributed by atoms with E-state index in [2.05, 4.69) is 19.2 Å². The molecular formula is C17H23NO3S. The van der Waals surface area contributed by atoms with Crippen molar-refractivity contribution in [3.63, 3.8) is 0 Å². The van der Waals surface area contributed by atoms with Crippen LogP contribution in [0.15, 0.2) is 23.6 Å². The number of hydrogen-bond acceptors (Lipinski definition) is 4. The number of carbonyl (C=O) groups is 2. The molecule has 1 N–H and O–H groups in total. The van der Waals surface area contributed by atoms with Gasteiger partial charge in [0.15, 0.2) is 6.61 Å². The molecule has 1 fully saturated rings. The number of nitrogens with one attached hydrogen (secondary N) is 1. The van der Waals surface area contributed by atoms with Crippen molar-refractivity contribution in [1.29, 1.82) is 0 Å². The topological polar surface area (TPSA) is 55.4 Å². The molecule has 0 spiro atoms. The van der Waals surface area contributed by atoms with Gasteiger partial charge in [0.1, 0.15) is 0 Å². The average molecular weight is 321 g/mol. The molecule has 5 heteroatoms. The minimum Gasteiger partial charge on any atom is -0.452 e. The molecule has 0 radical (unpaired) electrons. The van der Waals surface area contributed by atoms with E-state index >= 15 is 0 Å². The zero-order valence-corrected chi connectivity index (χ0v) is 13.9. The Balaban J connectivity index is 1.72. The molecule has 2 rings (SSSR count). The second-order valence-corrected chi connectivity index (χ2v) is 6.88. The van der Waals surface area contributed by atoms with Gasteiger partial charge in [0.05, 0.1) is 0 Å². The van der Waals surface area contributed by atoms with E-state index in [-0.39, 0.29) is 18.6 Å². The fourth-order valence-electron chi connectivity index (χ4n) is 2.76. The van der Waals surface area contributed by atoms with Crippen LogP contribution in [0.25, 0.3) is 6.08 Å². The molecule has 0 aliphatic heterocycles. The van der Waals surface area contributed by atoms with Gasteiger partial charge in [-0.2, -0.15) is 0 Å². The fourth-order valence-corrected chi connectivity index (χ4v) is 3.37. The summed E-state index contributed by atoms with van der Waals surface area (Å²) in [5.74, 6) is 0.375. The molecule has 120 valence electrons. The summed E-state index contributed by atoms with van der Waals surface area (Å²) in [6, 6.07) is 4.01. The van der Waals surface area contributed by atoms with Gasteiger partial charge in [0.25, 0.3) is 5.91 Å². The van der Waals surface area contributed by atoms with Crippen LogP contribution in [-0.2, 0) is 14.3 Å². The predicted molar refractivity (Wildman–Crippen MR) is 88.4 cm³/mol. The first-order valence-corrected chi connectivity index (χ1v) is 8.62. The van der Waals surface area contributed by atoms with Gasteiger partial charge < -0.3 is 10.1 Å². The molecule has 3 atom stereocenters. The minimum atomic E-state index is -0.492. The van der Waals surface area contributed by atoms with E-state index in [1.807, 2.05) is 17.5 Å². The lowest BCUT2D eigenvalue weighted by Gasteiger charge is -2.34. The summed E-state index contributed by atoms with van der Waals surface area (Å²) < 4.78 is 4.97. The lowest BCUT2D eigenvalue weighted by Crippen LogP contribution is -2.45.